The molecule has 0 amide bonds. The van der Waals surface area contributed by atoms with Crippen molar-refractivity contribution in [3.63, 3.8) is 0 Å². The van der Waals surface area contributed by atoms with Crippen LogP contribution in [0.1, 0.15) is 49.7 Å². The summed E-state index contributed by atoms with van der Waals surface area (Å²) in [5.41, 5.74) is 2.86. The van der Waals surface area contributed by atoms with Crippen LogP contribution in [-0.2, 0) is 15.8 Å². The van der Waals surface area contributed by atoms with E-state index in [4.69, 9.17) is 0 Å². The predicted octanol–water partition coefficient (Wildman–Crippen LogP) is 4.56. The second-order valence-corrected chi connectivity index (χ2v) is 10.6. The third-order valence-corrected chi connectivity index (χ3v) is 7.48. The number of thioether (sulfide) groups is 1. The van der Waals surface area contributed by atoms with Crippen molar-refractivity contribution in [3.05, 3.63) is 75.6 Å². The number of nitrogens with one attached hydrogen (secondary N) is 1. The number of hydrogen-bond donors (Lipinski definition) is 1. The minimum absolute atomic E-state index is 0.0318. The molecule has 3 aromatic rings. The van der Waals surface area contributed by atoms with Crippen LogP contribution in [0.25, 0.3) is 5.69 Å². The lowest BCUT2D eigenvalue weighted by Gasteiger charge is -2.16. The number of sulfonamides is 1. The van der Waals surface area contributed by atoms with E-state index in [0.29, 0.717) is 28.8 Å². The molecule has 3 rings (SSSR count). The Morgan fingerprint density at radius 3 is 2.55 bits per heavy atom. The molecule has 33 heavy (non-hydrogen) atoms. The first kappa shape index (κ1) is 24.9. The van der Waals surface area contributed by atoms with Crippen LogP contribution < -0.4 is 4.72 Å². The zero-order valence-electron chi connectivity index (χ0n) is 18.8. The summed E-state index contributed by atoms with van der Waals surface area (Å²) in [6.45, 7) is 5.67. The SMILES string of the molecule is CCCCS(=O)(=O)NC(C)c1nnc(SCc2cccc(C)c2)n1-c1ccc([N+](=O)[O-])cc1. The third kappa shape index (κ3) is 6.62. The van der Waals surface area contributed by atoms with Gasteiger partial charge in [0.25, 0.3) is 5.69 Å². The quantitative estimate of drug-likeness (QED) is 0.238. The van der Waals surface area contributed by atoms with Crippen LogP contribution in [0.15, 0.2) is 53.7 Å². The summed E-state index contributed by atoms with van der Waals surface area (Å²) in [4.78, 5) is 10.6. The normalized spacial score (nSPS) is 12.6. The third-order valence-electron chi connectivity index (χ3n) is 4.94. The summed E-state index contributed by atoms with van der Waals surface area (Å²) in [5.74, 6) is 1.09. The maximum absolute atomic E-state index is 12.4. The summed E-state index contributed by atoms with van der Waals surface area (Å²) in [6, 6.07) is 13.5. The van der Waals surface area contributed by atoms with Crippen molar-refractivity contribution in [1.29, 1.82) is 0 Å². The van der Waals surface area contributed by atoms with Crippen molar-refractivity contribution in [1.82, 2.24) is 19.5 Å². The molecule has 0 aliphatic heterocycles. The molecule has 2 aromatic carbocycles. The minimum atomic E-state index is -3.49. The van der Waals surface area contributed by atoms with Gasteiger partial charge < -0.3 is 0 Å². The van der Waals surface area contributed by atoms with E-state index in [-0.39, 0.29) is 11.4 Å². The van der Waals surface area contributed by atoms with Crippen molar-refractivity contribution in [3.8, 4) is 5.69 Å². The summed E-state index contributed by atoms with van der Waals surface area (Å²) >= 11 is 1.46. The predicted molar refractivity (Wildman–Crippen MR) is 129 cm³/mol. The smallest absolute Gasteiger partial charge is 0.269 e. The van der Waals surface area contributed by atoms with Gasteiger partial charge in [0, 0.05) is 23.6 Å². The van der Waals surface area contributed by atoms with Crippen LogP contribution in [0.2, 0.25) is 0 Å². The van der Waals surface area contributed by atoms with Gasteiger partial charge in [0.1, 0.15) is 0 Å². The molecule has 0 radical (unpaired) electrons. The van der Waals surface area contributed by atoms with Crippen LogP contribution in [0.5, 0.6) is 0 Å². The van der Waals surface area contributed by atoms with E-state index in [0.717, 1.165) is 17.5 Å². The van der Waals surface area contributed by atoms with E-state index in [1.807, 2.05) is 32.0 Å². The van der Waals surface area contributed by atoms with E-state index in [1.54, 1.807) is 23.6 Å². The van der Waals surface area contributed by atoms with Gasteiger partial charge >= 0.3 is 0 Å². The highest BCUT2D eigenvalue weighted by Gasteiger charge is 2.24. The lowest BCUT2D eigenvalue weighted by Crippen LogP contribution is -2.30. The molecule has 9 nitrogen and oxygen atoms in total. The number of benzene rings is 2. The molecule has 0 aliphatic rings. The summed E-state index contributed by atoms with van der Waals surface area (Å²) in [6.07, 6.45) is 1.34. The maximum atomic E-state index is 12.4. The molecular weight excluding hydrogens is 462 g/mol. The van der Waals surface area contributed by atoms with Gasteiger partial charge in [-0.25, -0.2) is 13.1 Å². The molecule has 0 saturated heterocycles. The Balaban J connectivity index is 1.94. The number of rotatable bonds is 11. The van der Waals surface area contributed by atoms with Crippen LogP contribution in [0.4, 0.5) is 5.69 Å². The Hall–Kier alpha value is -2.76. The van der Waals surface area contributed by atoms with Crippen LogP contribution in [-0.4, -0.2) is 33.9 Å². The fraction of sp³-hybridized carbons (Fsp3) is 0.364. The lowest BCUT2D eigenvalue weighted by molar-refractivity contribution is -0.384. The molecule has 1 atom stereocenters. The molecule has 1 aromatic heterocycles. The minimum Gasteiger partial charge on any atom is -0.273 e. The number of nitro benzene ring substituents is 1. The van der Waals surface area contributed by atoms with E-state index in [9.17, 15) is 18.5 Å². The Bertz CT molecular complexity index is 1210. The highest BCUT2D eigenvalue weighted by molar-refractivity contribution is 7.98. The van der Waals surface area contributed by atoms with E-state index < -0.39 is 21.0 Å². The Labute approximate surface area is 197 Å². The number of non-ortho nitro benzene ring substituents is 1. The molecule has 1 heterocycles. The molecular formula is C22H27N5O4S2. The highest BCUT2D eigenvalue weighted by Crippen LogP contribution is 2.29. The first-order valence-corrected chi connectivity index (χ1v) is 13.2. The Morgan fingerprint density at radius 1 is 1.18 bits per heavy atom. The second kappa shape index (κ2) is 10.9. The summed E-state index contributed by atoms with van der Waals surface area (Å²) in [5, 5.41) is 20.2. The number of unbranched alkanes of at least 4 members (excludes halogenated alkanes) is 1. The fourth-order valence-electron chi connectivity index (χ4n) is 3.29. The van der Waals surface area contributed by atoms with Gasteiger partial charge in [-0.2, -0.15) is 0 Å². The first-order valence-electron chi connectivity index (χ1n) is 10.6. The molecule has 176 valence electrons. The van der Waals surface area contributed by atoms with Crippen molar-refractivity contribution in [2.45, 2.75) is 50.6 Å². The van der Waals surface area contributed by atoms with Crippen LogP contribution in [0, 0.1) is 17.0 Å². The standard InChI is InChI=1S/C22H27N5O4S2/c1-4-5-13-33(30,31)25-17(3)21-23-24-22(32-15-18-8-6-7-16(2)14-18)26(21)19-9-11-20(12-10-19)27(28)29/h6-12,14,17,25H,4-5,13,15H2,1-3H3. The topological polar surface area (TPSA) is 120 Å². The van der Waals surface area contributed by atoms with Gasteiger partial charge in [-0.05, 0) is 38.0 Å². The monoisotopic (exact) mass is 489 g/mol. The van der Waals surface area contributed by atoms with Gasteiger partial charge in [0.2, 0.25) is 10.0 Å². The molecule has 0 fully saturated rings. The first-order chi connectivity index (χ1) is 15.7. The number of nitrogens with zero attached hydrogens (tertiary/aromatic N) is 4. The molecule has 0 saturated carbocycles. The summed E-state index contributed by atoms with van der Waals surface area (Å²) < 4.78 is 29.3. The molecule has 0 aliphatic carbocycles. The summed E-state index contributed by atoms with van der Waals surface area (Å²) in [7, 11) is -3.49. The van der Waals surface area contributed by atoms with Gasteiger partial charge in [0.15, 0.2) is 11.0 Å². The molecule has 1 N–H and O–H groups in total. The van der Waals surface area contributed by atoms with Gasteiger partial charge in [-0.1, -0.05) is 54.9 Å². The number of hydrogen-bond acceptors (Lipinski definition) is 7. The average Bonchev–Trinajstić information content (AvgIpc) is 3.20. The Kier molecular flexibility index (Phi) is 8.22. The lowest BCUT2D eigenvalue weighted by atomic mass is 10.2. The molecule has 1 unspecified atom stereocenters. The van der Waals surface area contributed by atoms with Gasteiger partial charge in [-0.3, -0.25) is 14.7 Å². The van der Waals surface area contributed by atoms with Crippen molar-refractivity contribution >= 4 is 27.5 Å². The molecule has 0 spiro atoms. The fourth-order valence-corrected chi connectivity index (χ4v) is 5.62. The maximum Gasteiger partial charge on any atom is 0.269 e. The van der Waals surface area contributed by atoms with Crippen LogP contribution in [0.3, 0.4) is 0 Å². The number of aromatic nitrogens is 3. The number of aryl methyl sites for hydroxylation is 1. The number of nitro groups is 1. The zero-order chi connectivity index (χ0) is 24.0. The molecule has 11 heteroatoms. The Morgan fingerprint density at radius 2 is 1.91 bits per heavy atom. The van der Waals surface area contributed by atoms with Gasteiger partial charge in [-0.15, -0.1) is 10.2 Å². The largest absolute Gasteiger partial charge is 0.273 e. The van der Waals surface area contributed by atoms with E-state index >= 15 is 0 Å². The zero-order valence-corrected chi connectivity index (χ0v) is 20.4. The second-order valence-electron chi connectivity index (χ2n) is 7.74. The van der Waals surface area contributed by atoms with E-state index in [2.05, 4.69) is 21.0 Å². The molecule has 0 bridgehead atoms. The van der Waals surface area contributed by atoms with Crippen molar-refractivity contribution < 1.29 is 13.3 Å². The van der Waals surface area contributed by atoms with E-state index in [1.165, 1.54) is 23.9 Å². The average molecular weight is 490 g/mol. The van der Waals surface area contributed by atoms with Crippen LogP contribution >= 0.6 is 11.8 Å². The van der Waals surface area contributed by atoms with Crippen molar-refractivity contribution in [2.75, 3.05) is 5.75 Å². The highest BCUT2D eigenvalue weighted by atomic mass is 32.2. The van der Waals surface area contributed by atoms with Gasteiger partial charge in [0.05, 0.1) is 16.7 Å². The van der Waals surface area contributed by atoms with Crippen molar-refractivity contribution in [2.24, 2.45) is 0 Å².